The summed E-state index contributed by atoms with van der Waals surface area (Å²) in [6, 6.07) is 7.88. The zero-order chi connectivity index (χ0) is 15.1. The van der Waals surface area contributed by atoms with E-state index in [1.165, 1.54) is 0 Å². The SMILES string of the molecule is CC1(C)OB(/C=C/c2ccc3cccnc3n2)OC1(C)C. The van der Waals surface area contributed by atoms with Gasteiger partial charge in [-0.15, -0.1) is 0 Å². The van der Waals surface area contributed by atoms with E-state index in [9.17, 15) is 0 Å². The first kappa shape index (κ1) is 14.2. The first-order chi connectivity index (χ1) is 9.87. The van der Waals surface area contributed by atoms with Crippen LogP contribution in [-0.2, 0) is 9.31 Å². The molecular weight excluding hydrogens is 263 g/mol. The number of hydrogen-bond donors (Lipinski definition) is 0. The summed E-state index contributed by atoms with van der Waals surface area (Å²) in [6.45, 7) is 8.16. The maximum atomic E-state index is 5.92. The van der Waals surface area contributed by atoms with E-state index in [0.717, 1.165) is 16.7 Å². The largest absolute Gasteiger partial charge is 0.487 e. The highest BCUT2D eigenvalue weighted by atomic mass is 16.7. The quantitative estimate of drug-likeness (QED) is 0.793. The van der Waals surface area contributed by atoms with E-state index < -0.39 is 0 Å². The summed E-state index contributed by atoms with van der Waals surface area (Å²) >= 11 is 0. The van der Waals surface area contributed by atoms with Crippen LogP contribution in [0.1, 0.15) is 33.4 Å². The Balaban J connectivity index is 1.79. The summed E-state index contributed by atoms with van der Waals surface area (Å²) in [6.07, 6.45) is 3.66. The molecule has 1 fully saturated rings. The second-order valence-electron chi connectivity index (χ2n) is 6.27. The van der Waals surface area contributed by atoms with Crippen molar-refractivity contribution in [2.45, 2.75) is 38.9 Å². The van der Waals surface area contributed by atoms with Gasteiger partial charge in [0.2, 0.25) is 0 Å². The maximum Gasteiger partial charge on any atom is 0.487 e. The van der Waals surface area contributed by atoms with E-state index in [-0.39, 0.29) is 18.3 Å². The van der Waals surface area contributed by atoms with E-state index in [1.807, 2.05) is 64.0 Å². The Morgan fingerprint density at radius 2 is 1.76 bits per heavy atom. The number of rotatable bonds is 2. The Morgan fingerprint density at radius 1 is 1.05 bits per heavy atom. The Morgan fingerprint density at radius 3 is 2.48 bits per heavy atom. The third kappa shape index (κ3) is 2.71. The van der Waals surface area contributed by atoms with E-state index in [4.69, 9.17) is 9.31 Å². The summed E-state index contributed by atoms with van der Waals surface area (Å²) in [5, 5.41) is 1.03. The number of nitrogens with zero attached hydrogens (tertiary/aromatic N) is 2. The lowest BCUT2D eigenvalue weighted by Gasteiger charge is -2.32. The van der Waals surface area contributed by atoms with E-state index in [1.54, 1.807) is 6.20 Å². The van der Waals surface area contributed by atoms with Gasteiger partial charge in [-0.25, -0.2) is 9.97 Å². The molecular formula is C16H19BN2O2. The van der Waals surface area contributed by atoms with Gasteiger partial charge >= 0.3 is 7.12 Å². The lowest BCUT2D eigenvalue weighted by molar-refractivity contribution is 0.00578. The van der Waals surface area contributed by atoms with Crippen molar-refractivity contribution in [2.75, 3.05) is 0 Å². The monoisotopic (exact) mass is 282 g/mol. The molecule has 108 valence electrons. The van der Waals surface area contributed by atoms with Crippen LogP contribution in [0.3, 0.4) is 0 Å². The van der Waals surface area contributed by atoms with Gasteiger partial charge in [0, 0.05) is 11.6 Å². The molecule has 0 unspecified atom stereocenters. The Bertz CT molecular complexity index is 681. The van der Waals surface area contributed by atoms with Crippen molar-refractivity contribution >= 4 is 24.2 Å². The van der Waals surface area contributed by atoms with Gasteiger partial charge in [-0.2, -0.15) is 0 Å². The third-order valence-electron chi connectivity index (χ3n) is 4.18. The lowest BCUT2D eigenvalue weighted by Crippen LogP contribution is -2.41. The fourth-order valence-corrected chi connectivity index (χ4v) is 2.20. The van der Waals surface area contributed by atoms with Gasteiger partial charge in [-0.05, 0) is 58.0 Å². The second-order valence-corrected chi connectivity index (χ2v) is 6.27. The molecule has 0 amide bonds. The molecule has 2 aromatic heterocycles. The number of hydrogen-bond acceptors (Lipinski definition) is 4. The predicted octanol–water partition coefficient (Wildman–Crippen LogP) is 3.27. The molecule has 1 saturated heterocycles. The van der Waals surface area contributed by atoms with Crippen molar-refractivity contribution in [3.05, 3.63) is 42.1 Å². The van der Waals surface area contributed by atoms with Crippen LogP contribution in [0, 0.1) is 0 Å². The summed E-state index contributed by atoms with van der Waals surface area (Å²) in [5.41, 5.74) is 0.949. The Kier molecular flexibility index (Phi) is 3.34. The van der Waals surface area contributed by atoms with Gasteiger partial charge < -0.3 is 9.31 Å². The topological polar surface area (TPSA) is 44.2 Å². The van der Waals surface area contributed by atoms with Gasteiger partial charge in [-0.3, -0.25) is 0 Å². The van der Waals surface area contributed by atoms with Crippen LogP contribution in [0.15, 0.2) is 36.4 Å². The molecule has 0 aromatic carbocycles. The Labute approximate surface area is 125 Å². The molecule has 0 radical (unpaired) electrons. The molecule has 3 rings (SSSR count). The minimum absolute atomic E-state index is 0.319. The number of fused-ring (bicyclic) bond motifs is 1. The zero-order valence-electron chi connectivity index (χ0n) is 12.8. The smallest absolute Gasteiger partial charge is 0.400 e. The van der Waals surface area contributed by atoms with Crippen molar-refractivity contribution in [1.82, 2.24) is 9.97 Å². The zero-order valence-corrected chi connectivity index (χ0v) is 12.8. The van der Waals surface area contributed by atoms with Crippen LogP contribution in [0.25, 0.3) is 17.1 Å². The molecule has 1 aliphatic heterocycles. The van der Waals surface area contributed by atoms with Gasteiger partial charge in [0.05, 0.1) is 16.9 Å². The van der Waals surface area contributed by atoms with Crippen molar-refractivity contribution in [2.24, 2.45) is 0 Å². The molecule has 21 heavy (non-hydrogen) atoms. The van der Waals surface area contributed by atoms with Gasteiger partial charge in [0.1, 0.15) is 0 Å². The molecule has 3 heterocycles. The average molecular weight is 282 g/mol. The number of aromatic nitrogens is 2. The molecule has 4 nitrogen and oxygen atoms in total. The summed E-state index contributed by atoms with van der Waals surface area (Å²) in [5.74, 6) is 1.90. The first-order valence-electron chi connectivity index (χ1n) is 7.13. The summed E-state index contributed by atoms with van der Waals surface area (Å²) in [7, 11) is -0.351. The normalized spacial score (nSPS) is 20.5. The fourth-order valence-electron chi connectivity index (χ4n) is 2.20. The highest BCUT2D eigenvalue weighted by Crippen LogP contribution is 2.36. The molecule has 0 spiro atoms. The predicted molar refractivity (Wildman–Crippen MR) is 84.7 cm³/mol. The average Bonchev–Trinajstić information content (AvgIpc) is 2.64. The minimum Gasteiger partial charge on any atom is -0.400 e. The van der Waals surface area contributed by atoms with Crippen molar-refractivity contribution < 1.29 is 9.31 Å². The van der Waals surface area contributed by atoms with E-state index >= 15 is 0 Å². The third-order valence-corrected chi connectivity index (χ3v) is 4.18. The van der Waals surface area contributed by atoms with Crippen LogP contribution in [0.4, 0.5) is 0 Å². The minimum atomic E-state index is -0.351. The molecule has 0 aliphatic carbocycles. The van der Waals surface area contributed by atoms with Crippen molar-refractivity contribution in [3.63, 3.8) is 0 Å². The lowest BCUT2D eigenvalue weighted by atomic mass is 9.89. The molecule has 2 aromatic rings. The molecule has 5 heteroatoms. The molecule has 1 aliphatic rings. The van der Waals surface area contributed by atoms with Gasteiger partial charge in [-0.1, -0.05) is 5.98 Å². The highest BCUT2D eigenvalue weighted by molar-refractivity contribution is 6.52. The van der Waals surface area contributed by atoms with Crippen LogP contribution < -0.4 is 0 Å². The van der Waals surface area contributed by atoms with Crippen LogP contribution in [0.2, 0.25) is 0 Å². The number of pyridine rings is 2. The fraction of sp³-hybridized carbons (Fsp3) is 0.375. The summed E-state index contributed by atoms with van der Waals surface area (Å²) in [4.78, 5) is 8.76. The first-order valence-corrected chi connectivity index (χ1v) is 7.13. The maximum absolute atomic E-state index is 5.92. The Hall–Kier alpha value is -1.72. The molecule has 0 saturated carbocycles. The standard InChI is InChI=1S/C16H19BN2O2/c1-15(2)16(3,4)21-17(20-15)10-9-13-8-7-12-6-5-11-18-14(12)19-13/h5-11H,1-4H3/b10-9+. The van der Waals surface area contributed by atoms with Gasteiger partial charge in [0.15, 0.2) is 5.65 Å². The second kappa shape index (κ2) is 4.93. The highest BCUT2D eigenvalue weighted by Gasteiger charge is 2.49. The van der Waals surface area contributed by atoms with Crippen LogP contribution in [-0.4, -0.2) is 28.3 Å². The summed E-state index contributed by atoms with van der Waals surface area (Å²) < 4.78 is 11.8. The van der Waals surface area contributed by atoms with Crippen molar-refractivity contribution in [3.8, 4) is 0 Å². The van der Waals surface area contributed by atoms with Crippen molar-refractivity contribution in [1.29, 1.82) is 0 Å². The van der Waals surface area contributed by atoms with E-state index in [0.29, 0.717) is 0 Å². The molecule has 0 N–H and O–H groups in total. The van der Waals surface area contributed by atoms with Crippen LogP contribution >= 0.6 is 0 Å². The van der Waals surface area contributed by atoms with Crippen LogP contribution in [0.5, 0.6) is 0 Å². The van der Waals surface area contributed by atoms with E-state index in [2.05, 4.69) is 9.97 Å². The van der Waals surface area contributed by atoms with Gasteiger partial charge in [0.25, 0.3) is 0 Å². The molecule has 0 bridgehead atoms. The molecule has 0 atom stereocenters.